The van der Waals surface area contributed by atoms with E-state index in [1.54, 1.807) is 11.8 Å². The standard InChI is InChI=1S/C17H26N2O2/c1-13(2)10-17(21)18-8-9-19(15(4)20)12-16-7-5-6-14(3)11-16/h5-7,11,13H,8-10,12H2,1-4H3,(H,18,21). The fourth-order valence-corrected chi connectivity index (χ4v) is 2.15. The number of amides is 2. The van der Waals surface area contributed by atoms with Gasteiger partial charge in [0.15, 0.2) is 0 Å². The summed E-state index contributed by atoms with van der Waals surface area (Å²) >= 11 is 0. The molecule has 0 unspecified atom stereocenters. The Bertz CT molecular complexity index is 483. The first-order chi connectivity index (χ1) is 9.88. The summed E-state index contributed by atoms with van der Waals surface area (Å²) in [5.41, 5.74) is 2.29. The van der Waals surface area contributed by atoms with Gasteiger partial charge in [0, 0.05) is 33.0 Å². The molecule has 0 aromatic heterocycles. The Morgan fingerprint density at radius 3 is 2.57 bits per heavy atom. The Morgan fingerprint density at radius 2 is 2.00 bits per heavy atom. The second kappa shape index (κ2) is 8.45. The molecule has 0 spiro atoms. The zero-order chi connectivity index (χ0) is 15.8. The number of hydrogen-bond acceptors (Lipinski definition) is 2. The van der Waals surface area contributed by atoms with Crippen LogP contribution in [-0.4, -0.2) is 29.8 Å². The summed E-state index contributed by atoms with van der Waals surface area (Å²) < 4.78 is 0. The van der Waals surface area contributed by atoms with Gasteiger partial charge in [-0.1, -0.05) is 43.7 Å². The fourth-order valence-electron chi connectivity index (χ4n) is 2.15. The van der Waals surface area contributed by atoms with E-state index in [2.05, 4.69) is 11.4 Å². The van der Waals surface area contributed by atoms with Gasteiger partial charge in [0.25, 0.3) is 0 Å². The van der Waals surface area contributed by atoms with Crippen molar-refractivity contribution in [3.8, 4) is 0 Å². The number of benzene rings is 1. The number of carbonyl (C=O) groups excluding carboxylic acids is 2. The lowest BCUT2D eigenvalue weighted by molar-refractivity contribution is -0.130. The molecule has 0 saturated heterocycles. The van der Waals surface area contributed by atoms with Crippen LogP contribution >= 0.6 is 0 Å². The van der Waals surface area contributed by atoms with Gasteiger partial charge < -0.3 is 10.2 Å². The molecular formula is C17H26N2O2. The molecule has 0 aliphatic heterocycles. The SMILES string of the molecule is CC(=O)N(CCNC(=O)CC(C)C)Cc1cccc(C)c1. The molecule has 2 amide bonds. The largest absolute Gasteiger partial charge is 0.354 e. The molecule has 0 radical (unpaired) electrons. The highest BCUT2D eigenvalue weighted by molar-refractivity contribution is 5.76. The van der Waals surface area contributed by atoms with E-state index in [0.717, 1.165) is 5.56 Å². The van der Waals surface area contributed by atoms with Crippen LogP contribution in [-0.2, 0) is 16.1 Å². The third-order valence-electron chi connectivity index (χ3n) is 3.20. The number of rotatable bonds is 7. The van der Waals surface area contributed by atoms with Crippen molar-refractivity contribution in [2.45, 2.75) is 40.7 Å². The highest BCUT2D eigenvalue weighted by Gasteiger charge is 2.10. The van der Waals surface area contributed by atoms with E-state index >= 15 is 0 Å². The first-order valence-corrected chi connectivity index (χ1v) is 7.46. The minimum Gasteiger partial charge on any atom is -0.354 e. The van der Waals surface area contributed by atoms with Gasteiger partial charge in [0.05, 0.1) is 0 Å². The molecule has 21 heavy (non-hydrogen) atoms. The quantitative estimate of drug-likeness (QED) is 0.839. The van der Waals surface area contributed by atoms with Gasteiger partial charge in [-0.2, -0.15) is 0 Å². The smallest absolute Gasteiger partial charge is 0.220 e. The van der Waals surface area contributed by atoms with Gasteiger partial charge in [-0.3, -0.25) is 9.59 Å². The summed E-state index contributed by atoms with van der Waals surface area (Å²) in [4.78, 5) is 25.0. The molecule has 0 heterocycles. The highest BCUT2D eigenvalue weighted by atomic mass is 16.2. The maximum atomic E-state index is 11.7. The lowest BCUT2D eigenvalue weighted by atomic mass is 10.1. The van der Waals surface area contributed by atoms with Crippen LogP contribution in [0.4, 0.5) is 0 Å². The Kier molecular flexibility index (Phi) is 6.92. The molecule has 0 aliphatic rings. The topological polar surface area (TPSA) is 49.4 Å². The lowest BCUT2D eigenvalue weighted by Crippen LogP contribution is -2.37. The summed E-state index contributed by atoms with van der Waals surface area (Å²) in [6, 6.07) is 8.12. The first kappa shape index (κ1) is 17.2. The molecular weight excluding hydrogens is 264 g/mol. The Labute approximate surface area is 127 Å². The van der Waals surface area contributed by atoms with Crippen LogP contribution in [0.25, 0.3) is 0 Å². The van der Waals surface area contributed by atoms with Crippen LogP contribution in [0.1, 0.15) is 38.3 Å². The minimum atomic E-state index is 0.0228. The maximum absolute atomic E-state index is 11.7. The third kappa shape index (κ3) is 6.93. The van der Waals surface area contributed by atoms with E-state index in [4.69, 9.17) is 0 Å². The van der Waals surface area contributed by atoms with E-state index in [0.29, 0.717) is 32.0 Å². The molecule has 4 heteroatoms. The van der Waals surface area contributed by atoms with Crippen LogP contribution < -0.4 is 5.32 Å². The maximum Gasteiger partial charge on any atom is 0.220 e. The Hall–Kier alpha value is -1.84. The number of nitrogens with one attached hydrogen (secondary N) is 1. The summed E-state index contributed by atoms with van der Waals surface area (Å²) in [7, 11) is 0. The third-order valence-corrected chi connectivity index (χ3v) is 3.20. The molecule has 0 atom stereocenters. The number of aryl methyl sites for hydroxylation is 1. The highest BCUT2D eigenvalue weighted by Crippen LogP contribution is 2.07. The van der Waals surface area contributed by atoms with Crippen molar-refractivity contribution in [3.05, 3.63) is 35.4 Å². The number of nitrogens with zero attached hydrogens (tertiary/aromatic N) is 1. The molecule has 0 aliphatic carbocycles. The molecule has 0 saturated carbocycles. The van der Waals surface area contributed by atoms with Crippen LogP contribution in [0.2, 0.25) is 0 Å². The van der Waals surface area contributed by atoms with Crippen molar-refractivity contribution in [2.75, 3.05) is 13.1 Å². The van der Waals surface area contributed by atoms with E-state index in [1.807, 2.05) is 39.0 Å². The molecule has 1 N–H and O–H groups in total. The van der Waals surface area contributed by atoms with Crippen LogP contribution in [0, 0.1) is 12.8 Å². The summed E-state index contributed by atoms with van der Waals surface area (Å²) in [5, 5.41) is 2.86. The lowest BCUT2D eigenvalue weighted by Gasteiger charge is -2.21. The van der Waals surface area contributed by atoms with Gasteiger partial charge in [0.2, 0.25) is 11.8 Å². The monoisotopic (exact) mass is 290 g/mol. The van der Waals surface area contributed by atoms with E-state index < -0.39 is 0 Å². The average Bonchev–Trinajstić information content (AvgIpc) is 2.36. The zero-order valence-corrected chi connectivity index (χ0v) is 13.5. The molecule has 1 aromatic carbocycles. The normalized spacial score (nSPS) is 10.5. The van der Waals surface area contributed by atoms with Crippen molar-refractivity contribution < 1.29 is 9.59 Å². The Morgan fingerprint density at radius 1 is 1.29 bits per heavy atom. The molecule has 1 rings (SSSR count). The van der Waals surface area contributed by atoms with E-state index in [-0.39, 0.29) is 11.8 Å². The summed E-state index contributed by atoms with van der Waals surface area (Å²) in [6.07, 6.45) is 0.526. The fraction of sp³-hybridized carbons (Fsp3) is 0.529. The molecule has 116 valence electrons. The summed E-state index contributed by atoms with van der Waals surface area (Å²) in [6.45, 7) is 9.24. The second-order valence-corrected chi connectivity index (χ2v) is 5.88. The average molecular weight is 290 g/mol. The van der Waals surface area contributed by atoms with Gasteiger partial charge in [0.1, 0.15) is 0 Å². The molecule has 4 nitrogen and oxygen atoms in total. The van der Waals surface area contributed by atoms with Gasteiger partial charge in [-0.15, -0.1) is 0 Å². The molecule has 1 aromatic rings. The van der Waals surface area contributed by atoms with Gasteiger partial charge >= 0.3 is 0 Å². The van der Waals surface area contributed by atoms with Crippen molar-refractivity contribution in [1.82, 2.24) is 10.2 Å². The molecule has 0 bridgehead atoms. The van der Waals surface area contributed by atoms with E-state index in [9.17, 15) is 9.59 Å². The zero-order valence-electron chi connectivity index (χ0n) is 13.5. The minimum absolute atomic E-state index is 0.0228. The van der Waals surface area contributed by atoms with Crippen LogP contribution in [0.3, 0.4) is 0 Å². The second-order valence-electron chi connectivity index (χ2n) is 5.88. The van der Waals surface area contributed by atoms with Crippen LogP contribution in [0.5, 0.6) is 0 Å². The molecule has 0 fully saturated rings. The predicted octanol–water partition coefficient (Wildman–Crippen LogP) is 2.51. The predicted molar refractivity (Wildman–Crippen MR) is 84.7 cm³/mol. The number of carbonyl (C=O) groups is 2. The van der Waals surface area contributed by atoms with Crippen molar-refractivity contribution in [1.29, 1.82) is 0 Å². The van der Waals surface area contributed by atoms with Gasteiger partial charge in [-0.25, -0.2) is 0 Å². The Balaban J connectivity index is 2.47. The van der Waals surface area contributed by atoms with Crippen molar-refractivity contribution >= 4 is 11.8 Å². The van der Waals surface area contributed by atoms with Crippen molar-refractivity contribution in [3.63, 3.8) is 0 Å². The van der Waals surface area contributed by atoms with Crippen LogP contribution in [0.15, 0.2) is 24.3 Å². The first-order valence-electron chi connectivity index (χ1n) is 7.46. The summed E-state index contributed by atoms with van der Waals surface area (Å²) in [5.74, 6) is 0.417. The van der Waals surface area contributed by atoms with E-state index in [1.165, 1.54) is 5.56 Å². The number of hydrogen-bond donors (Lipinski definition) is 1. The van der Waals surface area contributed by atoms with Gasteiger partial charge in [-0.05, 0) is 18.4 Å². The van der Waals surface area contributed by atoms with Crippen molar-refractivity contribution in [2.24, 2.45) is 5.92 Å².